The summed E-state index contributed by atoms with van der Waals surface area (Å²) in [5, 5.41) is 9.59. The molecular weight excluding hydrogens is 228 g/mol. The number of aliphatic hydroxyl groups is 1. The van der Waals surface area contributed by atoms with Gasteiger partial charge >= 0.3 is 0 Å². The van der Waals surface area contributed by atoms with E-state index >= 15 is 0 Å². The van der Waals surface area contributed by atoms with E-state index in [0.717, 1.165) is 24.9 Å². The lowest BCUT2D eigenvalue weighted by atomic mass is 9.74. The fourth-order valence-corrected chi connectivity index (χ4v) is 3.76. The molecule has 1 aliphatic heterocycles. The third kappa shape index (κ3) is 3.23. The van der Waals surface area contributed by atoms with Crippen LogP contribution in [-0.2, 0) is 4.74 Å². The van der Waals surface area contributed by atoms with E-state index in [1.54, 1.807) is 7.11 Å². The first-order valence-electron chi connectivity index (χ1n) is 7.35. The van der Waals surface area contributed by atoms with Crippen LogP contribution >= 0.6 is 0 Å². The van der Waals surface area contributed by atoms with Crippen LogP contribution in [0.3, 0.4) is 0 Å². The van der Waals surface area contributed by atoms with E-state index in [4.69, 9.17) is 10.5 Å². The fourth-order valence-electron chi connectivity index (χ4n) is 3.76. The Hall–Kier alpha value is -0.160. The van der Waals surface area contributed by atoms with E-state index in [2.05, 4.69) is 4.90 Å². The number of likely N-dealkylation sites (tertiary alicyclic amines) is 1. The van der Waals surface area contributed by atoms with Crippen molar-refractivity contribution < 1.29 is 9.84 Å². The first-order valence-corrected chi connectivity index (χ1v) is 7.35. The van der Waals surface area contributed by atoms with E-state index in [9.17, 15) is 5.11 Å². The third-order valence-corrected chi connectivity index (χ3v) is 4.83. The molecular formula is C14H28N2O2. The molecule has 0 aromatic rings. The largest absolute Gasteiger partial charge is 0.395 e. The molecule has 1 heterocycles. The molecule has 1 aliphatic carbocycles. The molecule has 1 saturated carbocycles. The minimum atomic E-state index is -0.0832. The van der Waals surface area contributed by atoms with Crippen molar-refractivity contribution in [3.8, 4) is 0 Å². The molecule has 1 saturated heterocycles. The minimum absolute atomic E-state index is 0.0628. The van der Waals surface area contributed by atoms with Gasteiger partial charge in [-0.05, 0) is 31.2 Å². The van der Waals surface area contributed by atoms with Gasteiger partial charge in [0.1, 0.15) is 0 Å². The number of methoxy groups -OCH3 is 1. The molecule has 0 amide bonds. The number of aliphatic hydroxyl groups excluding tert-OH is 1. The van der Waals surface area contributed by atoms with Crippen LogP contribution in [0.2, 0.25) is 0 Å². The van der Waals surface area contributed by atoms with Crippen LogP contribution in [0.25, 0.3) is 0 Å². The summed E-state index contributed by atoms with van der Waals surface area (Å²) >= 11 is 0. The zero-order valence-corrected chi connectivity index (χ0v) is 11.6. The van der Waals surface area contributed by atoms with Gasteiger partial charge in [-0.25, -0.2) is 0 Å². The van der Waals surface area contributed by atoms with Crippen LogP contribution in [0, 0.1) is 11.8 Å². The number of nitrogens with zero attached hydrogens (tertiary/aromatic N) is 1. The van der Waals surface area contributed by atoms with E-state index in [1.807, 2.05) is 0 Å². The van der Waals surface area contributed by atoms with Crippen molar-refractivity contribution >= 4 is 0 Å². The van der Waals surface area contributed by atoms with Gasteiger partial charge in [-0.1, -0.05) is 19.3 Å². The van der Waals surface area contributed by atoms with Gasteiger partial charge in [0.2, 0.25) is 0 Å². The average Bonchev–Trinajstić information content (AvgIpc) is 2.40. The van der Waals surface area contributed by atoms with Gasteiger partial charge in [-0.15, -0.1) is 0 Å². The second-order valence-corrected chi connectivity index (χ2v) is 5.96. The molecule has 2 fully saturated rings. The van der Waals surface area contributed by atoms with Crippen LogP contribution in [-0.4, -0.2) is 55.5 Å². The van der Waals surface area contributed by atoms with Gasteiger partial charge in [-0.3, -0.25) is 4.90 Å². The molecule has 0 aromatic heterocycles. The predicted molar refractivity (Wildman–Crippen MR) is 72.4 cm³/mol. The maximum atomic E-state index is 9.59. The van der Waals surface area contributed by atoms with Gasteiger partial charge in [-0.2, -0.15) is 0 Å². The summed E-state index contributed by atoms with van der Waals surface area (Å²) < 4.78 is 5.12. The van der Waals surface area contributed by atoms with Gasteiger partial charge in [0.15, 0.2) is 0 Å². The molecule has 2 rings (SSSR count). The molecule has 4 unspecified atom stereocenters. The molecule has 2 aliphatic rings. The Morgan fingerprint density at radius 2 is 2.00 bits per heavy atom. The highest BCUT2D eigenvalue weighted by atomic mass is 16.5. The number of hydrogen-bond donors (Lipinski definition) is 2. The van der Waals surface area contributed by atoms with E-state index in [1.165, 1.54) is 32.1 Å². The summed E-state index contributed by atoms with van der Waals surface area (Å²) in [7, 11) is 1.67. The summed E-state index contributed by atoms with van der Waals surface area (Å²) in [6, 6.07) is -0.0204. The molecule has 0 spiro atoms. The average molecular weight is 256 g/mol. The molecule has 4 nitrogen and oxygen atoms in total. The molecule has 0 radical (unpaired) electrons. The van der Waals surface area contributed by atoms with Crippen molar-refractivity contribution in [3.63, 3.8) is 0 Å². The maximum absolute atomic E-state index is 9.59. The van der Waals surface area contributed by atoms with Crippen molar-refractivity contribution in [1.29, 1.82) is 0 Å². The minimum Gasteiger partial charge on any atom is -0.395 e. The van der Waals surface area contributed by atoms with Gasteiger partial charge in [0.05, 0.1) is 19.3 Å². The van der Waals surface area contributed by atoms with E-state index in [-0.39, 0.29) is 18.7 Å². The lowest BCUT2D eigenvalue weighted by molar-refractivity contribution is 0.0132. The standard InChI is InChI=1S/C14H28N2O2/c1-18-10-13(15)14(9-17)16-7-6-11-4-2-3-5-12(11)8-16/h11-14,17H,2-10,15H2,1H3. The maximum Gasteiger partial charge on any atom is 0.0629 e. The second-order valence-electron chi connectivity index (χ2n) is 5.96. The normalized spacial score (nSPS) is 32.8. The quantitative estimate of drug-likeness (QED) is 0.765. The highest BCUT2D eigenvalue weighted by Crippen LogP contribution is 2.36. The van der Waals surface area contributed by atoms with Crippen LogP contribution in [0.1, 0.15) is 32.1 Å². The summed E-state index contributed by atoms with van der Waals surface area (Å²) in [6.45, 7) is 2.87. The Morgan fingerprint density at radius 3 is 2.67 bits per heavy atom. The van der Waals surface area contributed by atoms with Crippen molar-refractivity contribution in [2.75, 3.05) is 33.4 Å². The Balaban J connectivity index is 1.91. The smallest absolute Gasteiger partial charge is 0.0629 e. The molecule has 0 bridgehead atoms. The van der Waals surface area contributed by atoms with Gasteiger partial charge in [0.25, 0.3) is 0 Å². The molecule has 4 heteroatoms. The fraction of sp³-hybridized carbons (Fsp3) is 1.00. The van der Waals surface area contributed by atoms with E-state index < -0.39 is 0 Å². The Morgan fingerprint density at radius 1 is 1.28 bits per heavy atom. The van der Waals surface area contributed by atoms with Crippen LogP contribution in [0.4, 0.5) is 0 Å². The number of rotatable bonds is 5. The van der Waals surface area contributed by atoms with Crippen molar-refractivity contribution in [3.05, 3.63) is 0 Å². The molecule has 106 valence electrons. The molecule has 3 N–H and O–H groups in total. The highest BCUT2D eigenvalue weighted by molar-refractivity contribution is 4.89. The number of fused-ring (bicyclic) bond motifs is 1. The zero-order valence-electron chi connectivity index (χ0n) is 11.6. The van der Waals surface area contributed by atoms with E-state index in [0.29, 0.717) is 6.61 Å². The Kier molecular flexibility index (Phi) is 5.42. The lowest BCUT2D eigenvalue weighted by Gasteiger charge is -2.45. The second kappa shape index (κ2) is 6.85. The first-order chi connectivity index (χ1) is 8.76. The Labute approximate surface area is 110 Å². The summed E-state index contributed by atoms with van der Waals surface area (Å²) in [5.41, 5.74) is 6.11. The summed E-state index contributed by atoms with van der Waals surface area (Å²) in [5.74, 6) is 1.75. The summed E-state index contributed by atoms with van der Waals surface area (Å²) in [6.07, 6.45) is 6.84. The summed E-state index contributed by atoms with van der Waals surface area (Å²) in [4.78, 5) is 2.40. The number of piperidine rings is 1. The number of hydrogen-bond acceptors (Lipinski definition) is 4. The number of nitrogens with two attached hydrogens (primary N) is 1. The van der Waals surface area contributed by atoms with Gasteiger partial charge < -0.3 is 15.6 Å². The highest BCUT2D eigenvalue weighted by Gasteiger charge is 2.35. The Bertz CT molecular complexity index is 250. The van der Waals surface area contributed by atoms with Crippen molar-refractivity contribution in [1.82, 2.24) is 4.90 Å². The molecule has 18 heavy (non-hydrogen) atoms. The van der Waals surface area contributed by atoms with Crippen LogP contribution < -0.4 is 5.73 Å². The zero-order chi connectivity index (χ0) is 13.0. The topological polar surface area (TPSA) is 58.7 Å². The third-order valence-electron chi connectivity index (χ3n) is 4.83. The van der Waals surface area contributed by atoms with Crippen molar-refractivity contribution in [2.24, 2.45) is 17.6 Å². The monoisotopic (exact) mass is 256 g/mol. The first kappa shape index (κ1) is 14.3. The van der Waals surface area contributed by atoms with Gasteiger partial charge in [0, 0.05) is 19.7 Å². The van der Waals surface area contributed by atoms with Crippen LogP contribution in [0.5, 0.6) is 0 Å². The van der Waals surface area contributed by atoms with Crippen LogP contribution in [0.15, 0.2) is 0 Å². The molecule has 0 aromatic carbocycles. The number of ether oxygens (including phenoxy) is 1. The molecule has 4 atom stereocenters. The lowest BCUT2D eigenvalue weighted by Crippen LogP contribution is -2.56. The van der Waals surface area contributed by atoms with Crippen molar-refractivity contribution in [2.45, 2.75) is 44.2 Å². The predicted octanol–water partition coefficient (Wildman–Crippen LogP) is 0.833. The SMILES string of the molecule is COCC(N)C(CO)N1CCC2CCCCC2C1.